The first kappa shape index (κ1) is 13.0. The molecule has 5 heteroatoms. The lowest BCUT2D eigenvalue weighted by Gasteiger charge is -2.06. The molecular formula is C12H15NO4. The molecule has 0 bridgehead atoms. The van der Waals surface area contributed by atoms with Gasteiger partial charge in [-0.25, -0.2) is 0 Å². The van der Waals surface area contributed by atoms with Gasteiger partial charge in [0.2, 0.25) is 0 Å². The van der Waals surface area contributed by atoms with Crippen LogP contribution in [0.25, 0.3) is 0 Å². The van der Waals surface area contributed by atoms with Crippen LogP contribution < -0.4 is 10.1 Å². The summed E-state index contributed by atoms with van der Waals surface area (Å²) < 4.78 is 9.66. The average molecular weight is 237 g/mol. The van der Waals surface area contributed by atoms with Crippen LogP contribution in [0.15, 0.2) is 30.3 Å². The maximum atomic E-state index is 11.3. The van der Waals surface area contributed by atoms with Crippen LogP contribution in [0.4, 0.5) is 0 Å². The third kappa shape index (κ3) is 5.55. The van der Waals surface area contributed by atoms with Gasteiger partial charge in [-0.1, -0.05) is 18.2 Å². The Labute approximate surface area is 99.7 Å². The number of ether oxygens (including phenoxy) is 2. The van der Waals surface area contributed by atoms with Crippen molar-refractivity contribution in [2.75, 3.05) is 20.3 Å². The van der Waals surface area contributed by atoms with E-state index in [0.29, 0.717) is 5.75 Å². The second-order valence-electron chi connectivity index (χ2n) is 3.28. The topological polar surface area (TPSA) is 64.6 Å². The lowest BCUT2D eigenvalue weighted by Crippen LogP contribution is -2.30. The summed E-state index contributed by atoms with van der Waals surface area (Å²) >= 11 is 0. The van der Waals surface area contributed by atoms with Crippen LogP contribution >= 0.6 is 0 Å². The van der Waals surface area contributed by atoms with Gasteiger partial charge in [0, 0.05) is 6.54 Å². The van der Waals surface area contributed by atoms with E-state index in [-0.39, 0.29) is 31.4 Å². The van der Waals surface area contributed by atoms with Gasteiger partial charge in [0.25, 0.3) is 5.91 Å². The number of hydrogen-bond acceptors (Lipinski definition) is 4. The number of methoxy groups -OCH3 is 1. The van der Waals surface area contributed by atoms with Crippen LogP contribution in [0.2, 0.25) is 0 Å². The van der Waals surface area contributed by atoms with Crippen molar-refractivity contribution in [3.05, 3.63) is 30.3 Å². The highest BCUT2D eigenvalue weighted by Crippen LogP contribution is 2.07. The van der Waals surface area contributed by atoms with E-state index in [2.05, 4.69) is 10.1 Å². The summed E-state index contributed by atoms with van der Waals surface area (Å²) in [7, 11) is 1.31. The molecule has 1 N–H and O–H groups in total. The van der Waals surface area contributed by atoms with Gasteiger partial charge >= 0.3 is 5.97 Å². The molecule has 1 amide bonds. The number of carbonyl (C=O) groups excluding carboxylic acids is 2. The Hall–Kier alpha value is -2.04. The van der Waals surface area contributed by atoms with E-state index in [0.717, 1.165) is 0 Å². The first-order valence-corrected chi connectivity index (χ1v) is 5.23. The summed E-state index contributed by atoms with van der Waals surface area (Å²) in [5.41, 5.74) is 0. The summed E-state index contributed by atoms with van der Waals surface area (Å²) in [5, 5.41) is 2.55. The fourth-order valence-corrected chi connectivity index (χ4v) is 1.12. The van der Waals surface area contributed by atoms with Gasteiger partial charge in [0.05, 0.1) is 13.5 Å². The highest BCUT2D eigenvalue weighted by Gasteiger charge is 2.04. The van der Waals surface area contributed by atoms with Crippen molar-refractivity contribution in [1.82, 2.24) is 5.32 Å². The number of carbonyl (C=O) groups is 2. The standard InChI is InChI=1S/C12H15NO4/c1-16-12(15)7-8-13-11(14)9-17-10-5-3-2-4-6-10/h2-6H,7-9H2,1H3,(H,13,14). The Morgan fingerprint density at radius 3 is 2.59 bits per heavy atom. The Bertz CT molecular complexity index is 364. The molecule has 0 radical (unpaired) electrons. The smallest absolute Gasteiger partial charge is 0.307 e. The van der Waals surface area contributed by atoms with Crippen molar-refractivity contribution in [3.63, 3.8) is 0 Å². The van der Waals surface area contributed by atoms with Crippen LogP contribution in [0, 0.1) is 0 Å². The molecule has 0 atom stereocenters. The first-order chi connectivity index (χ1) is 8.22. The molecule has 0 heterocycles. The molecular weight excluding hydrogens is 222 g/mol. The Morgan fingerprint density at radius 1 is 1.24 bits per heavy atom. The molecule has 0 saturated carbocycles. The number of amides is 1. The highest BCUT2D eigenvalue weighted by molar-refractivity contribution is 5.78. The molecule has 0 unspecified atom stereocenters. The minimum atomic E-state index is -0.353. The van der Waals surface area contributed by atoms with Crippen LogP contribution in [0.1, 0.15) is 6.42 Å². The zero-order valence-electron chi connectivity index (χ0n) is 9.64. The summed E-state index contributed by atoms with van der Waals surface area (Å²) in [6.45, 7) is 0.189. The van der Waals surface area contributed by atoms with E-state index in [1.165, 1.54) is 7.11 Å². The predicted molar refractivity (Wildman–Crippen MR) is 61.6 cm³/mol. The van der Waals surface area contributed by atoms with Gasteiger partial charge in [0.1, 0.15) is 5.75 Å². The lowest BCUT2D eigenvalue weighted by molar-refractivity contribution is -0.140. The van der Waals surface area contributed by atoms with E-state index >= 15 is 0 Å². The van der Waals surface area contributed by atoms with Gasteiger partial charge < -0.3 is 14.8 Å². The predicted octanol–water partition coefficient (Wildman–Crippen LogP) is 0.745. The maximum absolute atomic E-state index is 11.3. The summed E-state index contributed by atoms with van der Waals surface area (Å²) in [6.07, 6.45) is 0.160. The molecule has 0 aliphatic rings. The molecule has 0 saturated heterocycles. The molecule has 0 aromatic heterocycles. The Balaban J connectivity index is 2.16. The van der Waals surface area contributed by atoms with E-state index < -0.39 is 0 Å². The van der Waals surface area contributed by atoms with Crippen molar-refractivity contribution >= 4 is 11.9 Å². The first-order valence-electron chi connectivity index (χ1n) is 5.23. The number of rotatable bonds is 6. The zero-order valence-corrected chi connectivity index (χ0v) is 9.64. The number of benzene rings is 1. The summed E-state index contributed by atoms with van der Waals surface area (Å²) in [6, 6.07) is 9.04. The maximum Gasteiger partial charge on any atom is 0.307 e. The Kier molecular flexibility index (Phi) is 5.57. The highest BCUT2D eigenvalue weighted by atomic mass is 16.5. The quantitative estimate of drug-likeness (QED) is 0.741. The average Bonchev–Trinajstić information content (AvgIpc) is 2.37. The fraction of sp³-hybridized carbons (Fsp3) is 0.333. The summed E-state index contributed by atoms with van der Waals surface area (Å²) in [5.74, 6) is 0.0163. The van der Waals surface area contributed by atoms with E-state index in [4.69, 9.17) is 4.74 Å². The number of hydrogen-bond donors (Lipinski definition) is 1. The molecule has 0 spiro atoms. The van der Waals surface area contributed by atoms with Gasteiger partial charge in [0.15, 0.2) is 6.61 Å². The second-order valence-corrected chi connectivity index (χ2v) is 3.28. The van der Waals surface area contributed by atoms with Gasteiger partial charge in [-0.15, -0.1) is 0 Å². The SMILES string of the molecule is COC(=O)CCNC(=O)COc1ccccc1. The molecule has 0 aliphatic heterocycles. The molecule has 1 aromatic rings. The monoisotopic (exact) mass is 237 g/mol. The van der Waals surface area contributed by atoms with E-state index in [9.17, 15) is 9.59 Å². The normalized spacial score (nSPS) is 9.47. The van der Waals surface area contributed by atoms with Crippen LogP contribution in [-0.4, -0.2) is 32.1 Å². The molecule has 17 heavy (non-hydrogen) atoms. The zero-order chi connectivity index (χ0) is 12.5. The Morgan fingerprint density at radius 2 is 1.94 bits per heavy atom. The van der Waals surface area contributed by atoms with Gasteiger partial charge in [-0.3, -0.25) is 9.59 Å². The largest absolute Gasteiger partial charge is 0.484 e. The molecule has 1 aromatic carbocycles. The van der Waals surface area contributed by atoms with Crippen molar-refractivity contribution in [2.45, 2.75) is 6.42 Å². The lowest BCUT2D eigenvalue weighted by atomic mass is 10.3. The van der Waals surface area contributed by atoms with Crippen LogP contribution in [-0.2, 0) is 14.3 Å². The van der Waals surface area contributed by atoms with Crippen LogP contribution in [0.3, 0.4) is 0 Å². The van der Waals surface area contributed by atoms with Crippen molar-refractivity contribution in [3.8, 4) is 5.75 Å². The minimum absolute atomic E-state index is 0.0643. The number of nitrogens with one attached hydrogen (secondary N) is 1. The minimum Gasteiger partial charge on any atom is -0.484 e. The van der Waals surface area contributed by atoms with Crippen molar-refractivity contribution < 1.29 is 19.1 Å². The number of para-hydroxylation sites is 1. The molecule has 1 rings (SSSR count). The van der Waals surface area contributed by atoms with Crippen molar-refractivity contribution in [1.29, 1.82) is 0 Å². The fourth-order valence-electron chi connectivity index (χ4n) is 1.12. The van der Waals surface area contributed by atoms with Gasteiger partial charge in [-0.05, 0) is 12.1 Å². The second kappa shape index (κ2) is 7.27. The molecule has 92 valence electrons. The third-order valence-electron chi connectivity index (χ3n) is 1.99. The van der Waals surface area contributed by atoms with Gasteiger partial charge in [-0.2, -0.15) is 0 Å². The van der Waals surface area contributed by atoms with Crippen molar-refractivity contribution in [2.24, 2.45) is 0 Å². The molecule has 5 nitrogen and oxygen atoms in total. The molecule has 0 fully saturated rings. The molecule has 0 aliphatic carbocycles. The third-order valence-corrected chi connectivity index (χ3v) is 1.99. The van der Waals surface area contributed by atoms with Crippen LogP contribution in [0.5, 0.6) is 5.75 Å². The van der Waals surface area contributed by atoms with E-state index in [1.807, 2.05) is 18.2 Å². The number of esters is 1. The van der Waals surface area contributed by atoms with E-state index in [1.54, 1.807) is 12.1 Å². The summed E-state index contributed by atoms with van der Waals surface area (Å²) in [4.78, 5) is 22.1.